The third-order valence-electron chi connectivity index (χ3n) is 3.72. The van der Waals surface area contributed by atoms with Crippen molar-refractivity contribution in [3.05, 3.63) is 53.8 Å². The fourth-order valence-corrected chi connectivity index (χ4v) is 3.00. The summed E-state index contributed by atoms with van der Waals surface area (Å²) in [6.45, 7) is -0.112. The van der Waals surface area contributed by atoms with Gasteiger partial charge in [-0.05, 0) is 24.1 Å². The summed E-state index contributed by atoms with van der Waals surface area (Å²) in [4.78, 5) is 23.5. The first-order valence-electron chi connectivity index (χ1n) is 7.79. The van der Waals surface area contributed by atoms with Crippen molar-refractivity contribution >= 4 is 21.9 Å². The minimum absolute atomic E-state index is 0.112. The minimum Gasteiger partial charge on any atom is -0.481 e. The first-order chi connectivity index (χ1) is 12.2. The quantitative estimate of drug-likeness (QED) is 0.711. The van der Waals surface area contributed by atoms with E-state index in [1.165, 1.54) is 26.2 Å². The Kier molecular flexibility index (Phi) is 6.17. The minimum atomic E-state index is -3.78. The van der Waals surface area contributed by atoms with Crippen LogP contribution in [0.4, 0.5) is 0 Å². The van der Waals surface area contributed by atoms with Gasteiger partial charge in [0.1, 0.15) is 0 Å². The number of sulfonamides is 1. The molecule has 2 N–H and O–H groups in total. The van der Waals surface area contributed by atoms with Crippen molar-refractivity contribution in [2.24, 2.45) is 5.92 Å². The molecular weight excluding hydrogens is 360 g/mol. The van der Waals surface area contributed by atoms with Crippen LogP contribution in [0.25, 0.3) is 0 Å². The van der Waals surface area contributed by atoms with Crippen molar-refractivity contribution in [3.8, 4) is 0 Å². The summed E-state index contributed by atoms with van der Waals surface area (Å²) >= 11 is 0. The van der Waals surface area contributed by atoms with Crippen molar-refractivity contribution in [2.75, 3.05) is 20.6 Å². The van der Waals surface area contributed by atoms with Gasteiger partial charge in [0.2, 0.25) is 5.09 Å². The summed E-state index contributed by atoms with van der Waals surface area (Å²) < 4.78 is 30.0. The molecule has 0 aliphatic heterocycles. The molecule has 0 saturated heterocycles. The van der Waals surface area contributed by atoms with Crippen LogP contribution in [0.3, 0.4) is 0 Å². The van der Waals surface area contributed by atoms with Gasteiger partial charge in [-0.3, -0.25) is 9.59 Å². The zero-order valence-corrected chi connectivity index (χ0v) is 15.2. The summed E-state index contributed by atoms with van der Waals surface area (Å²) in [6.07, 6.45) is 0.259. The maximum Gasteiger partial charge on any atom is 0.308 e. The number of rotatable bonds is 8. The molecule has 0 radical (unpaired) electrons. The van der Waals surface area contributed by atoms with Crippen LogP contribution in [0, 0.1) is 5.92 Å². The second-order valence-corrected chi connectivity index (χ2v) is 7.92. The molecule has 0 aliphatic carbocycles. The van der Waals surface area contributed by atoms with Gasteiger partial charge in [0.05, 0.1) is 5.92 Å². The van der Waals surface area contributed by atoms with Crippen molar-refractivity contribution in [2.45, 2.75) is 11.5 Å². The molecule has 1 unspecified atom stereocenters. The molecule has 2 rings (SSSR count). The molecule has 2 aromatic rings. The molecule has 1 aromatic heterocycles. The molecular formula is C17H20N2O6S. The normalized spacial score (nSPS) is 12.7. The summed E-state index contributed by atoms with van der Waals surface area (Å²) in [5.41, 5.74) is 0.839. The number of hydrogen-bond donors (Lipinski definition) is 2. The van der Waals surface area contributed by atoms with E-state index in [9.17, 15) is 23.1 Å². The number of carbonyl (C=O) groups is 2. The average molecular weight is 380 g/mol. The second-order valence-electron chi connectivity index (χ2n) is 5.84. The van der Waals surface area contributed by atoms with Crippen LogP contribution < -0.4 is 5.32 Å². The highest BCUT2D eigenvalue weighted by atomic mass is 32.2. The van der Waals surface area contributed by atoms with Crippen LogP contribution in [0.1, 0.15) is 16.1 Å². The number of carbonyl (C=O) groups excluding carboxylic acids is 1. The molecule has 0 bridgehead atoms. The largest absolute Gasteiger partial charge is 0.481 e. The van der Waals surface area contributed by atoms with Gasteiger partial charge in [0, 0.05) is 20.6 Å². The Bertz CT molecular complexity index is 874. The maximum atomic E-state index is 12.1. The third kappa shape index (κ3) is 4.70. The van der Waals surface area contributed by atoms with E-state index in [-0.39, 0.29) is 23.8 Å². The summed E-state index contributed by atoms with van der Waals surface area (Å²) in [5, 5.41) is 11.4. The standard InChI is InChI=1S/C17H20N2O6S/c1-19(2)26(23,24)15-9-8-14(25-15)16(20)18-11-13(17(21)22)10-12-6-4-3-5-7-12/h3-9,13H,10-11H2,1-2H3,(H,18,20)(H,21,22). The molecule has 0 aliphatic rings. The number of nitrogens with zero attached hydrogens (tertiary/aromatic N) is 1. The first-order valence-corrected chi connectivity index (χ1v) is 9.23. The van der Waals surface area contributed by atoms with E-state index >= 15 is 0 Å². The monoisotopic (exact) mass is 380 g/mol. The van der Waals surface area contributed by atoms with Crippen LogP contribution in [-0.4, -0.2) is 50.3 Å². The Morgan fingerprint density at radius 2 is 1.81 bits per heavy atom. The first kappa shape index (κ1) is 19.7. The van der Waals surface area contributed by atoms with E-state index in [1.54, 1.807) is 0 Å². The van der Waals surface area contributed by atoms with Crippen molar-refractivity contribution in [1.29, 1.82) is 0 Å². The molecule has 1 atom stereocenters. The molecule has 9 heteroatoms. The Balaban J connectivity index is 2.03. The molecule has 26 heavy (non-hydrogen) atoms. The summed E-state index contributed by atoms with van der Waals surface area (Å²) in [5.74, 6) is -2.73. The average Bonchev–Trinajstić information content (AvgIpc) is 3.09. The molecule has 1 heterocycles. The van der Waals surface area contributed by atoms with Crippen LogP contribution in [-0.2, 0) is 21.2 Å². The number of benzene rings is 1. The second kappa shape index (κ2) is 8.15. The molecule has 1 aromatic carbocycles. The maximum absolute atomic E-state index is 12.1. The van der Waals surface area contributed by atoms with Crippen molar-refractivity contribution < 1.29 is 27.5 Å². The van der Waals surface area contributed by atoms with Crippen LogP contribution in [0.2, 0.25) is 0 Å². The fraction of sp³-hybridized carbons (Fsp3) is 0.294. The zero-order chi connectivity index (χ0) is 19.3. The van der Waals surface area contributed by atoms with Gasteiger partial charge in [-0.15, -0.1) is 0 Å². The van der Waals surface area contributed by atoms with Gasteiger partial charge in [-0.2, -0.15) is 0 Å². The summed E-state index contributed by atoms with van der Waals surface area (Å²) in [6, 6.07) is 11.5. The van der Waals surface area contributed by atoms with Gasteiger partial charge >= 0.3 is 5.97 Å². The van der Waals surface area contributed by atoms with Crippen molar-refractivity contribution in [1.82, 2.24) is 9.62 Å². The van der Waals surface area contributed by atoms with Gasteiger partial charge in [0.25, 0.3) is 15.9 Å². The van der Waals surface area contributed by atoms with E-state index in [1.807, 2.05) is 30.3 Å². The molecule has 1 amide bonds. The number of hydrogen-bond acceptors (Lipinski definition) is 5. The molecule has 0 saturated carbocycles. The topological polar surface area (TPSA) is 117 Å². The SMILES string of the molecule is CN(C)S(=O)(=O)c1ccc(C(=O)NCC(Cc2ccccc2)C(=O)O)o1. The van der Waals surface area contributed by atoms with Gasteiger partial charge in [-0.1, -0.05) is 30.3 Å². The third-order valence-corrected chi connectivity index (χ3v) is 5.41. The number of nitrogens with one attached hydrogen (secondary N) is 1. The lowest BCUT2D eigenvalue weighted by Crippen LogP contribution is -2.34. The Hall–Kier alpha value is -2.65. The lowest BCUT2D eigenvalue weighted by Gasteiger charge is -2.13. The number of amides is 1. The predicted molar refractivity (Wildman–Crippen MR) is 93.2 cm³/mol. The molecule has 8 nitrogen and oxygen atoms in total. The van der Waals surface area contributed by atoms with E-state index < -0.39 is 27.8 Å². The predicted octanol–water partition coefficient (Wildman–Crippen LogP) is 1.20. The highest BCUT2D eigenvalue weighted by Gasteiger charge is 2.24. The number of carboxylic acids is 1. The highest BCUT2D eigenvalue weighted by molar-refractivity contribution is 7.88. The smallest absolute Gasteiger partial charge is 0.308 e. The van der Waals surface area contributed by atoms with E-state index in [0.717, 1.165) is 9.87 Å². The van der Waals surface area contributed by atoms with Crippen LogP contribution in [0.15, 0.2) is 52.0 Å². The highest BCUT2D eigenvalue weighted by Crippen LogP contribution is 2.17. The molecule has 140 valence electrons. The van der Waals surface area contributed by atoms with Crippen LogP contribution in [0.5, 0.6) is 0 Å². The van der Waals surface area contributed by atoms with Gasteiger partial charge in [-0.25, -0.2) is 12.7 Å². The van der Waals surface area contributed by atoms with Crippen LogP contribution >= 0.6 is 0 Å². The number of carboxylic acid groups (broad SMARTS) is 1. The van der Waals surface area contributed by atoms with Gasteiger partial charge < -0.3 is 14.8 Å². The fourth-order valence-electron chi connectivity index (χ4n) is 2.21. The Morgan fingerprint density at radius 3 is 2.38 bits per heavy atom. The zero-order valence-electron chi connectivity index (χ0n) is 14.4. The molecule has 0 fully saturated rings. The lowest BCUT2D eigenvalue weighted by molar-refractivity contribution is -0.141. The lowest BCUT2D eigenvalue weighted by atomic mass is 9.99. The number of aliphatic carboxylic acids is 1. The van der Waals surface area contributed by atoms with E-state index in [2.05, 4.69) is 5.32 Å². The Morgan fingerprint density at radius 1 is 1.15 bits per heavy atom. The van der Waals surface area contributed by atoms with Crippen molar-refractivity contribution in [3.63, 3.8) is 0 Å². The van der Waals surface area contributed by atoms with E-state index in [0.29, 0.717) is 0 Å². The number of furan rings is 1. The van der Waals surface area contributed by atoms with E-state index in [4.69, 9.17) is 4.42 Å². The molecule has 0 spiro atoms. The van der Waals surface area contributed by atoms with Gasteiger partial charge in [0.15, 0.2) is 5.76 Å². The Labute approximate surface area is 151 Å². The summed E-state index contributed by atoms with van der Waals surface area (Å²) in [7, 11) is -1.09.